The minimum Gasteiger partial charge on any atom is -0.310 e. The Morgan fingerprint density at radius 3 is 2.20 bits per heavy atom. The third kappa shape index (κ3) is 3.89. The summed E-state index contributed by atoms with van der Waals surface area (Å²) in [4.78, 5) is 2.43. The lowest BCUT2D eigenvalue weighted by atomic mass is 9.82. The third-order valence-corrected chi connectivity index (χ3v) is 10.1. The summed E-state index contributed by atoms with van der Waals surface area (Å²) in [7, 11) is 0. The van der Waals surface area contributed by atoms with Crippen LogP contribution in [0.15, 0.2) is 127 Å². The number of allylic oxidation sites excluding steroid dienone is 4. The number of nitrogens with zero attached hydrogens (tertiary/aromatic N) is 1. The fourth-order valence-electron chi connectivity index (χ4n) is 6.80. The van der Waals surface area contributed by atoms with Gasteiger partial charge in [-0.1, -0.05) is 92.7 Å². The van der Waals surface area contributed by atoms with Crippen LogP contribution in [0.1, 0.15) is 43.4 Å². The molecule has 1 aromatic heterocycles. The van der Waals surface area contributed by atoms with E-state index in [4.69, 9.17) is 0 Å². The van der Waals surface area contributed by atoms with E-state index in [2.05, 4.69) is 146 Å². The fourth-order valence-corrected chi connectivity index (χ4v) is 7.89. The van der Waals surface area contributed by atoms with Gasteiger partial charge in [-0.15, -0.1) is 11.3 Å². The predicted octanol–water partition coefficient (Wildman–Crippen LogP) is 11.6. The zero-order chi connectivity index (χ0) is 27.6. The molecule has 198 valence electrons. The van der Waals surface area contributed by atoms with Crippen molar-refractivity contribution >= 4 is 54.1 Å². The van der Waals surface area contributed by atoms with Gasteiger partial charge >= 0.3 is 0 Å². The number of hydrogen-bond donors (Lipinski definition) is 0. The summed E-state index contributed by atoms with van der Waals surface area (Å²) in [5, 5.41) is 2.64. The molecule has 1 heterocycles. The molecule has 1 nitrogen and oxygen atoms in total. The van der Waals surface area contributed by atoms with Gasteiger partial charge in [0.25, 0.3) is 0 Å². The van der Waals surface area contributed by atoms with Crippen LogP contribution in [0.5, 0.6) is 0 Å². The summed E-state index contributed by atoms with van der Waals surface area (Å²) in [5.41, 5.74) is 11.7. The maximum atomic E-state index is 2.43. The fraction of sp³-hybridized carbons (Fsp3) is 0.128. The Hall–Kier alpha value is -4.40. The summed E-state index contributed by atoms with van der Waals surface area (Å²) in [6, 6.07) is 40.8. The number of anilines is 3. The first-order valence-electron chi connectivity index (χ1n) is 14.5. The van der Waals surface area contributed by atoms with E-state index < -0.39 is 0 Å². The van der Waals surface area contributed by atoms with Crippen molar-refractivity contribution in [3.63, 3.8) is 0 Å². The van der Waals surface area contributed by atoms with E-state index in [1.807, 2.05) is 11.3 Å². The highest BCUT2D eigenvalue weighted by atomic mass is 32.1. The van der Waals surface area contributed by atoms with Crippen LogP contribution in [0.4, 0.5) is 17.1 Å². The quantitative estimate of drug-likeness (QED) is 0.213. The molecule has 0 aliphatic heterocycles. The second-order valence-corrected chi connectivity index (χ2v) is 12.8. The van der Waals surface area contributed by atoms with Crippen molar-refractivity contribution in [2.45, 2.75) is 32.1 Å². The molecule has 6 aromatic rings. The van der Waals surface area contributed by atoms with Crippen molar-refractivity contribution < 1.29 is 0 Å². The number of fused-ring (bicyclic) bond motifs is 6. The van der Waals surface area contributed by atoms with Gasteiger partial charge in [0.05, 0.1) is 0 Å². The molecular weight excluding hydrogens is 515 g/mol. The summed E-state index contributed by atoms with van der Waals surface area (Å²) >= 11 is 1.87. The van der Waals surface area contributed by atoms with E-state index in [1.165, 1.54) is 70.6 Å². The Morgan fingerprint density at radius 1 is 0.634 bits per heavy atom. The van der Waals surface area contributed by atoms with Gasteiger partial charge in [0.2, 0.25) is 0 Å². The molecule has 0 radical (unpaired) electrons. The van der Waals surface area contributed by atoms with Crippen LogP contribution < -0.4 is 4.90 Å². The van der Waals surface area contributed by atoms with E-state index in [1.54, 1.807) is 0 Å². The molecular formula is C39H31NS. The molecule has 0 atom stereocenters. The Balaban J connectivity index is 1.30. The molecule has 0 fully saturated rings. The van der Waals surface area contributed by atoms with Gasteiger partial charge in [-0.2, -0.15) is 0 Å². The third-order valence-electron chi connectivity index (χ3n) is 8.95. The zero-order valence-electron chi connectivity index (χ0n) is 23.4. The van der Waals surface area contributed by atoms with Gasteiger partial charge in [0, 0.05) is 42.6 Å². The lowest BCUT2D eigenvalue weighted by Crippen LogP contribution is -2.16. The maximum absolute atomic E-state index is 2.43. The highest BCUT2D eigenvalue weighted by Gasteiger charge is 2.35. The lowest BCUT2D eigenvalue weighted by molar-refractivity contribution is 0.660. The lowest BCUT2D eigenvalue weighted by Gasteiger charge is -2.28. The van der Waals surface area contributed by atoms with Gasteiger partial charge in [-0.05, 0) is 94.8 Å². The van der Waals surface area contributed by atoms with Crippen molar-refractivity contribution in [3.05, 3.63) is 144 Å². The van der Waals surface area contributed by atoms with Gasteiger partial charge in [0.15, 0.2) is 0 Å². The Bertz CT molecular complexity index is 2020. The van der Waals surface area contributed by atoms with Crippen molar-refractivity contribution in [3.8, 4) is 11.1 Å². The SMILES string of the molecule is CC1(C)c2ccccc2-c2ccc(N(c3ccc(C4=CC=CCC4)cc3)c3ccc4sc5ccccc5c4c3)cc21. The second kappa shape index (κ2) is 9.33. The minimum atomic E-state index is -0.0496. The van der Waals surface area contributed by atoms with Crippen molar-refractivity contribution in [2.24, 2.45) is 0 Å². The summed E-state index contributed by atoms with van der Waals surface area (Å²) in [6.07, 6.45) is 8.90. The monoisotopic (exact) mass is 545 g/mol. The normalized spacial score (nSPS) is 15.1. The van der Waals surface area contributed by atoms with E-state index in [9.17, 15) is 0 Å². The summed E-state index contributed by atoms with van der Waals surface area (Å²) < 4.78 is 2.66. The smallest absolute Gasteiger partial charge is 0.0468 e. The standard InChI is InChI=1S/C39H31NS/c1-39(2)35-14-8-6-12-31(35)32-22-20-30(25-36(32)39)40(28-18-16-27(17-19-28)26-10-4-3-5-11-26)29-21-23-38-34(24-29)33-13-7-9-15-37(33)41-38/h3-4,6-10,12-25H,5,11H2,1-2H3. The molecule has 41 heavy (non-hydrogen) atoms. The van der Waals surface area contributed by atoms with Crippen LogP contribution >= 0.6 is 11.3 Å². The van der Waals surface area contributed by atoms with E-state index in [0.29, 0.717) is 0 Å². The number of hydrogen-bond acceptors (Lipinski definition) is 2. The molecule has 0 amide bonds. The van der Waals surface area contributed by atoms with E-state index in [-0.39, 0.29) is 5.41 Å². The largest absolute Gasteiger partial charge is 0.310 e. The number of rotatable bonds is 4. The van der Waals surface area contributed by atoms with Crippen LogP contribution in [0.25, 0.3) is 36.9 Å². The predicted molar refractivity (Wildman–Crippen MR) is 178 cm³/mol. The minimum absolute atomic E-state index is 0.0496. The van der Waals surface area contributed by atoms with Crippen LogP contribution in [0, 0.1) is 0 Å². The average molecular weight is 546 g/mol. The molecule has 0 saturated carbocycles. The second-order valence-electron chi connectivity index (χ2n) is 11.7. The van der Waals surface area contributed by atoms with Gasteiger partial charge < -0.3 is 4.90 Å². The molecule has 2 aliphatic rings. The molecule has 2 heteroatoms. The Labute approximate surface area is 245 Å². The molecule has 0 spiro atoms. The first kappa shape index (κ1) is 24.4. The van der Waals surface area contributed by atoms with E-state index >= 15 is 0 Å². The van der Waals surface area contributed by atoms with Crippen molar-refractivity contribution in [1.82, 2.24) is 0 Å². The average Bonchev–Trinajstić information content (AvgIpc) is 3.50. The molecule has 0 N–H and O–H groups in total. The molecule has 0 saturated heterocycles. The number of thiophene rings is 1. The molecule has 2 aliphatic carbocycles. The van der Waals surface area contributed by atoms with Crippen molar-refractivity contribution in [2.75, 3.05) is 4.90 Å². The zero-order valence-corrected chi connectivity index (χ0v) is 24.2. The van der Waals surface area contributed by atoms with E-state index in [0.717, 1.165) is 12.8 Å². The highest BCUT2D eigenvalue weighted by Crippen LogP contribution is 2.51. The molecule has 5 aromatic carbocycles. The Kier molecular flexibility index (Phi) is 5.55. The summed E-state index contributed by atoms with van der Waals surface area (Å²) in [6.45, 7) is 4.72. The van der Waals surface area contributed by atoms with Crippen LogP contribution in [-0.2, 0) is 5.41 Å². The molecule has 0 bridgehead atoms. The van der Waals surface area contributed by atoms with Crippen LogP contribution in [0.3, 0.4) is 0 Å². The van der Waals surface area contributed by atoms with Gasteiger partial charge in [-0.25, -0.2) is 0 Å². The van der Waals surface area contributed by atoms with Gasteiger partial charge in [0.1, 0.15) is 0 Å². The van der Waals surface area contributed by atoms with Crippen LogP contribution in [-0.4, -0.2) is 0 Å². The summed E-state index contributed by atoms with van der Waals surface area (Å²) in [5.74, 6) is 0. The van der Waals surface area contributed by atoms with Crippen molar-refractivity contribution in [1.29, 1.82) is 0 Å². The topological polar surface area (TPSA) is 3.24 Å². The van der Waals surface area contributed by atoms with Gasteiger partial charge in [-0.3, -0.25) is 0 Å². The highest BCUT2D eigenvalue weighted by molar-refractivity contribution is 7.25. The van der Waals surface area contributed by atoms with Crippen LogP contribution in [0.2, 0.25) is 0 Å². The first-order valence-corrected chi connectivity index (χ1v) is 15.3. The number of benzene rings is 5. The maximum Gasteiger partial charge on any atom is 0.0468 e. The molecule has 0 unspecified atom stereocenters. The first-order chi connectivity index (χ1) is 20.1. The molecule has 8 rings (SSSR count). The Morgan fingerprint density at radius 2 is 1.34 bits per heavy atom.